The van der Waals surface area contributed by atoms with E-state index in [1.165, 1.54) is 4.31 Å². The summed E-state index contributed by atoms with van der Waals surface area (Å²) in [7, 11) is -3.59. The first-order chi connectivity index (χ1) is 9.23. The van der Waals surface area contributed by atoms with Crippen LogP contribution in [-0.4, -0.2) is 38.0 Å². The zero-order chi connectivity index (χ0) is 15.1. The maximum absolute atomic E-state index is 12.8. The van der Waals surface area contributed by atoms with Gasteiger partial charge in [0, 0.05) is 12.6 Å². The largest absolute Gasteiger partial charge is 0.398 e. The van der Waals surface area contributed by atoms with Crippen molar-refractivity contribution >= 4 is 15.7 Å². The molecule has 0 amide bonds. The maximum atomic E-state index is 12.8. The molecule has 2 rings (SSSR count). The first-order valence-electron chi connectivity index (χ1n) is 6.73. The summed E-state index contributed by atoms with van der Waals surface area (Å²) in [6.07, 6.45) is -0.103. The van der Waals surface area contributed by atoms with Gasteiger partial charge in [-0.1, -0.05) is 0 Å². The molecular formula is C14H22N2O3S. The number of hydrogen-bond donors (Lipinski definition) is 1. The van der Waals surface area contributed by atoms with Crippen LogP contribution in [0.2, 0.25) is 0 Å². The van der Waals surface area contributed by atoms with Crippen LogP contribution in [-0.2, 0) is 14.8 Å². The smallest absolute Gasteiger partial charge is 0.245 e. The molecule has 1 saturated heterocycles. The molecule has 2 N–H and O–H groups in total. The van der Waals surface area contributed by atoms with E-state index in [2.05, 4.69) is 0 Å². The van der Waals surface area contributed by atoms with Crippen molar-refractivity contribution in [3.05, 3.63) is 23.3 Å². The summed E-state index contributed by atoms with van der Waals surface area (Å²) < 4.78 is 32.6. The van der Waals surface area contributed by atoms with E-state index in [1.54, 1.807) is 12.1 Å². The normalized spacial score (nSPS) is 24.8. The summed E-state index contributed by atoms with van der Waals surface area (Å²) in [4.78, 5) is 0.196. The van der Waals surface area contributed by atoms with Crippen molar-refractivity contribution in [3.63, 3.8) is 0 Å². The average Bonchev–Trinajstić information content (AvgIpc) is 2.36. The van der Waals surface area contributed by atoms with E-state index in [0.29, 0.717) is 18.8 Å². The zero-order valence-corrected chi connectivity index (χ0v) is 13.2. The highest BCUT2D eigenvalue weighted by Crippen LogP contribution is 2.28. The van der Waals surface area contributed by atoms with Crippen LogP contribution >= 0.6 is 0 Å². The van der Waals surface area contributed by atoms with Gasteiger partial charge in [-0.15, -0.1) is 0 Å². The van der Waals surface area contributed by atoms with E-state index >= 15 is 0 Å². The summed E-state index contributed by atoms with van der Waals surface area (Å²) in [5, 5.41) is 0. The van der Waals surface area contributed by atoms with Gasteiger partial charge < -0.3 is 10.5 Å². The monoisotopic (exact) mass is 298 g/mol. The molecule has 2 unspecified atom stereocenters. The minimum absolute atomic E-state index is 0.103. The summed E-state index contributed by atoms with van der Waals surface area (Å²) in [6.45, 7) is 8.29. The van der Waals surface area contributed by atoms with E-state index < -0.39 is 10.0 Å². The van der Waals surface area contributed by atoms with Crippen molar-refractivity contribution in [2.24, 2.45) is 0 Å². The van der Waals surface area contributed by atoms with Crippen molar-refractivity contribution in [2.45, 2.75) is 44.7 Å². The molecule has 6 heteroatoms. The second-order valence-corrected chi connectivity index (χ2v) is 7.40. The number of hydrogen-bond acceptors (Lipinski definition) is 4. The highest BCUT2D eigenvalue weighted by molar-refractivity contribution is 7.89. The number of morpholine rings is 1. The number of aryl methyl sites for hydroxylation is 2. The van der Waals surface area contributed by atoms with Gasteiger partial charge in [-0.2, -0.15) is 4.31 Å². The van der Waals surface area contributed by atoms with Gasteiger partial charge >= 0.3 is 0 Å². The predicted octanol–water partition coefficient (Wildman–Crippen LogP) is 1.68. The van der Waals surface area contributed by atoms with Crippen molar-refractivity contribution in [1.29, 1.82) is 0 Å². The molecule has 0 radical (unpaired) electrons. The standard InChI is InChI=1S/C14H22N2O3S/c1-9-5-13(15)14(6-10(9)2)20(17,18)16-7-12(4)19-8-11(16)3/h5-6,11-12H,7-8,15H2,1-4H3. The van der Waals surface area contributed by atoms with Crippen LogP contribution < -0.4 is 5.73 Å². The van der Waals surface area contributed by atoms with Gasteiger partial charge in [-0.3, -0.25) is 0 Å². The van der Waals surface area contributed by atoms with Crippen LogP contribution in [0.4, 0.5) is 5.69 Å². The quantitative estimate of drug-likeness (QED) is 0.843. The van der Waals surface area contributed by atoms with Gasteiger partial charge in [0.15, 0.2) is 0 Å². The van der Waals surface area contributed by atoms with Gasteiger partial charge in [-0.05, 0) is 51.0 Å². The number of anilines is 1. The van der Waals surface area contributed by atoms with E-state index in [1.807, 2.05) is 27.7 Å². The maximum Gasteiger partial charge on any atom is 0.245 e. The molecule has 5 nitrogen and oxygen atoms in total. The molecule has 0 aromatic heterocycles. The van der Waals surface area contributed by atoms with Crippen LogP contribution in [0.1, 0.15) is 25.0 Å². The molecule has 1 heterocycles. The van der Waals surface area contributed by atoms with E-state index in [-0.39, 0.29) is 17.0 Å². The predicted molar refractivity (Wildman–Crippen MR) is 79.1 cm³/mol. The van der Waals surface area contributed by atoms with Crippen molar-refractivity contribution < 1.29 is 13.2 Å². The summed E-state index contributed by atoms with van der Waals surface area (Å²) >= 11 is 0. The van der Waals surface area contributed by atoms with Gasteiger partial charge in [0.05, 0.1) is 18.4 Å². The lowest BCUT2D eigenvalue weighted by Gasteiger charge is -2.36. The number of nitrogen functional groups attached to an aromatic ring is 1. The van der Waals surface area contributed by atoms with Gasteiger partial charge in [0.1, 0.15) is 4.90 Å². The first-order valence-corrected chi connectivity index (χ1v) is 8.17. The van der Waals surface area contributed by atoms with E-state index in [9.17, 15) is 8.42 Å². The van der Waals surface area contributed by atoms with Gasteiger partial charge in [-0.25, -0.2) is 8.42 Å². The Morgan fingerprint density at radius 2 is 1.85 bits per heavy atom. The zero-order valence-electron chi connectivity index (χ0n) is 12.4. The molecule has 0 aliphatic carbocycles. The Labute approximate surface area is 120 Å². The molecule has 1 aromatic carbocycles. The Hall–Kier alpha value is -1.11. The Morgan fingerprint density at radius 3 is 2.50 bits per heavy atom. The fourth-order valence-electron chi connectivity index (χ4n) is 2.37. The lowest BCUT2D eigenvalue weighted by Crippen LogP contribution is -2.50. The highest BCUT2D eigenvalue weighted by Gasteiger charge is 2.35. The Balaban J connectivity index is 2.47. The molecule has 0 bridgehead atoms. The minimum Gasteiger partial charge on any atom is -0.398 e. The fraction of sp³-hybridized carbons (Fsp3) is 0.571. The number of nitrogens with two attached hydrogens (primary N) is 1. The Kier molecular flexibility index (Phi) is 4.09. The molecule has 2 atom stereocenters. The number of nitrogens with zero attached hydrogens (tertiary/aromatic N) is 1. The van der Waals surface area contributed by atoms with E-state index in [4.69, 9.17) is 10.5 Å². The lowest BCUT2D eigenvalue weighted by atomic mass is 10.1. The Morgan fingerprint density at radius 1 is 1.25 bits per heavy atom. The third-order valence-corrected chi connectivity index (χ3v) is 5.80. The van der Waals surface area contributed by atoms with Crippen LogP contribution in [0.3, 0.4) is 0 Å². The third kappa shape index (κ3) is 2.68. The third-order valence-electron chi connectivity index (χ3n) is 3.76. The number of rotatable bonds is 2. The summed E-state index contributed by atoms with van der Waals surface area (Å²) in [6, 6.07) is 3.20. The molecule has 0 spiro atoms. The second kappa shape index (κ2) is 5.35. The number of sulfonamides is 1. The molecule has 1 fully saturated rings. The molecule has 112 valence electrons. The van der Waals surface area contributed by atoms with Crippen molar-refractivity contribution in [3.8, 4) is 0 Å². The van der Waals surface area contributed by atoms with Gasteiger partial charge in [0.25, 0.3) is 0 Å². The van der Waals surface area contributed by atoms with Crippen LogP contribution in [0.25, 0.3) is 0 Å². The summed E-state index contributed by atoms with van der Waals surface area (Å²) in [5.74, 6) is 0. The Bertz CT molecular complexity index is 613. The molecule has 20 heavy (non-hydrogen) atoms. The SMILES string of the molecule is Cc1cc(N)c(S(=O)(=O)N2CC(C)OCC2C)cc1C. The summed E-state index contributed by atoms with van der Waals surface area (Å²) in [5.41, 5.74) is 8.14. The fourth-order valence-corrected chi connectivity index (χ4v) is 4.25. The number of benzene rings is 1. The second-order valence-electron chi connectivity index (χ2n) is 5.54. The van der Waals surface area contributed by atoms with Crippen LogP contribution in [0, 0.1) is 13.8 Å². The molecular weight excluding hydrogens is 276 g/mol. The van der Waals surface area contributed by atoms with Crippen LogP contribution in [0.5, 0.6) is 0 Å². The topological polar surface area (TPSA) is 72.6 Å². The van der Waals surface area contributed by atoms with Gasteiger partial charge in [0.2, 0.25) is 10.0 Å². The molecule has 1 aromatic rings. The van der Waals surface area contributed by atoms with E-state index in [0.717, 1.165) is 11.1 Å². The van der Waals surface area contributed by atoms with Crippen molar-refractivity contribution in [1.82, 2.24) is 4.31 Å². The van der Waals surface area contributed by atoms with Crippen molar-refractivity contribution in [2.75, 3.05) is 18.9 Å². The minimum atomic E-state index is -3.59. The average molecular weight is 298 g/mol. The molecule has 0 saturated carbocycles. The highest BCUT2D eigenvalue weighted by atomic mass is 32.2. The van der Waals surface area contributed by atoms with Crippen LogP contribution in [0.15, 0.2) is 17.0 Å². The number of ether oxygens (including phenoxy) is 1. The molecule has 1 aliphatic heterocycles. The first kappa shape index (κ1) is 15.3. The molecule has 1 aliphatic rings. The lowest BCUT2D eigenvalue weighted by molar-refractivity contribution is -0.0170.